The van der Waals surface area contributed by atoms with Gasteiger partial charge in [0, 0.05) is 32.6 Å². The van der Waals surface area contributed by atoms with Crippen molar-refractivity contribution in [2.45, 2.75) is 45.6 Å². The van der Waals surface area contributed by atoms with Crippen molar-refractivity contribution in [1.29, 1.82) is 0 Å². The predicted molar refractivity (Wildman–Crippen MR) is 71.2 cm³/mol. The van der Waals surface area contributed by atoms with Gasteiger partial charge >= 0.3 is 0 Å². The van der Waals surface area contributed by atoms with E-state index in [2.05, 4.69) is 10.6 Å². The summed E-state index contributed by atoms with van der Waals surface area (Å²) in [5, 5.41) is 6.07. The normalized spacial score (nSPS) is 20.1. The molecule has 1 aliphatic heterocycles. The molecule has 0 spiro atoms. The van der Waals surface area contributed by atoms with E-state index in [9.17, 15) is 9.59 Å². The highest BCUT2D eigenvalue weighted by Gasteiger charge is 2.20. The van der Waals surface area contributed by atoms with Crippen molar-refractivity contribution in [2.75, 3.05) is 26.2 Å². The lowest BCUT2D eigenvalue weighted by Gasteiger charge is -2.20. The zero-order valence-corrected chi connectivity index (χ0v) is 11.5. The summed E-state index contributed by atoms with van der Waals surface area (Å²) in [7, 11) is 0. The minimum absolute atomic E-state index is 0.0720. The van der Waals surface area contributed by atoms with Crippen molar-refractivity contribution in [3.05, 3.63) is 0 Å². The number of nitrogens with zero attached hydrogens (tertiary/aromatic N) is 1. The largest absolute Gasteiger partial charge is 0.355 e. The van der Waals surface area contributed by atoms with Crippen LogP contribution in [0.4, 0.5) is 0 Å². The summed E-state index contributed by atoms with van der Waals surface area (Å²) in [6.07, 6.45) is 3.43. The summed E-state index contributed by atoms with van der Waals surface area (Å²) in [5.41, 5.74) is 0. The molecule has 18 heavy (non-hydrogen) atoms. The molecule has 0 aromatic heterocycles. The third-order valence-electron chi connectivity index (χ3n) is 3.38. The molecule has 1 saturated heterocycles. The maximum absolute atomic E-state index is 11.8. The number of hydrogen-bond donors (Lipinski definition) is 2. The van der Waals surface area contributed by atoms with E-state index in [1.54, 1.807) is 0 Å². The Morgan fingerprint density at radius 2 is 2.11 bits per heavy atom. The summed E-state index contributed by atoms with van der Waals surface area (Å²) in [5.74, 6) is 0.226. The average molecular weight is 255 g/mol. The summed E-state index contributed by atoms with van der Waals surface area (Å²) in [6.45, 7) is 6.81. The quantitative estimate of drug-likeness (QED) is 0.726. The first-order valence-corrected chi connectivity index (χ1v) is 6.97. The lowest BCUT2D eigenvalue weighted by atomic mass is 10.1. The lowest BCUT2D eigenvalue weighted by molar-refractivity contribution is -0.131. The van der Waals surface area contributed by atoms with Gasteiger partial charge in [-0.25, -0.2) is 0 Å². The van der Waals surface area contributed by atoms with Gasteiger partial charge in [-0.3, -0.25) is 9.59 Å². The van der Waals surface area contributed by atoms with E-state index in [0.717, 1.165) is 38.9 Å². The van der Waals surface area contributed by atoms with Crippen LogP contribution >= 0.6 is 0 Å². The van der Waals surface area contributed by atoms with Crippen molar-refractivity contribution >= 4 is 11.8 Å². The molecule has 0 radical (unpaired) electrons. The fourth-order valence-electron chi connectivity index (χ4n) is 2.22. The minimum Gasteiger partial charge on any atom is -0.355 e. The van der Waals surface area contributed by atoms with Gasteiger partial charge in [-0.1, -0.05) is 0 Å². The number of rotatable bonds is 6. The van der Waals surface area contributed by atoms with E-state index < -0.39 is 0 Å². The molecule has 104 valence electrons. The molecule has 0 aromatic carbocycles. The minimum atomic E-state index is -0.128. The van der Waals surface area contributed by atoms with E-state index in [1.807, 2.05) is 18.7 Å². The number of carbonyl (C=O) groups excluding carboxylic acids is 2. The number of nitrogens with one attached hydrogen (secondary N) is 2. The Bertz CT molecular complexity index is 277. The molecule has 0 aromatic rings. The van der Waals surface area contributed by atoms with Gasteiger partial charge in [-0.05, 0) is 33.1 Å². The smallest absolute Gasteiger partial charge is 0.237 e. The summed E-state index contributed by atoms with van der Waals surface area (Å²) < 4.78 is 0. The van der Waals surface area contributed by atoms with Crippen molar-refractivity contribution in [1.82, 2.24) is 15.5 Å². The SMILES string of the molecule is CCN(CC)C(=O)CCNC1CCCCNC1=O. The van der Waals surface area contributed by atoms with Crippen LogP contribution in [0.5, 0.6) is 0 Å². The number of carbonyl (C=O) groups is 2. The lowest BCUT2D eigenvalue weighted by Crippen LogP contribution is -2.44. The highest BCUT2D eigenvalue weighted by Crippen LogP contribution is 2.05. The standard InChI is InChI=1S/C13H25N3O2/c1-3-16(4-2)12(17)8-10-14-11-7-5-6-9-15-13(11)18/h11,14H,3-10H2,1-2H3,(H,15,18). The Morgan fingerprint density at radius 3 is 2.78 bits per heavy atom. The topological polar surface area (TPSA) is 61.4 Å². The molecule has 5 heteroatoms. The predicted octanol–water partition coefficient (Wildman–Crippen LogP) is 0.503. The second-order valence-electron chi connectivity index (χ2n) is 4.61. The zero-order valence-electron chi connectivity index (χ0n) is 11.5. The second kappa shape index (κ2) is 8.08. The van der Waals surface area contributed by atoms with Gasteiger partial charge in [0.2, 0.25) is 11.8 Å². The molecule has 0 aliphatic carbocycles. The molecule has 1 atom stereocenters. The third-order valence-corrected chi connectivity index (χ3v) is 3.38. The van der Waals surface area contributed by atoms with Gasteiger partial charge in [0.1, 0.15) is 0 Å². The maximum atomic E-state index is 11.8. The Kier molecular flexibility index (Phi) is 6.72. The second-order valence-corrected chi connectivity index (χ2v) is 4.61. The molecular formula is C13H25N3O2. The van der Waals surface area contributed by atoms with Crippen LogP contribution < -0.4 is 10.6 Å². The van der Waals surface area contributed by atoms with Crippen LogP contribution in [0, 0.1) is 0 Å². The molecular weight excluding hydrogens is 230 g/mol. The molecule has 2 amide bonds. The highest BCUT2D eigenvalue weighted by molar-refractivity contribution is 5.82. The molecule has 1 rings (SSSR count). The molecule has 5 nitrogen and oxygen atoms in total. The zero-order chi connectivity index (χ0) is 13.4. The molecule has 0 saturated carbocycles. The Morgan fingerprint density at radius 1 is 1.39 bits per heavy atom. The number of hydrogen-bond acceptors (Lipinski definition) is 3. The van der Waals surface area contributed by atoms with Crippen LogP contribution in [0.3, 0.4) is 0 Å². The van der Waals surface area contributed by atoms with Crippen molar-refractivity contribution < 1.29 is 9.59 Å². The monoisotopic (exact) mass is 255 g/mol. The van der Waals surface area contributed by atoms with Crippen LogP contribution in [0.15, 0.2) is 0 Å². The van der Waals surface area contributed by atoms with E-state index in [4.69, 9.17) is 0 Å². The van der Waals surface area contributed by atoms with E-state index in [0.29, 0.717) is 13.0 Å². The van der Waals surface area contributed by atoms with E-state index in [-0.39, 0.29) is 17.9 Å². The Labute approximate surface area is 109 Å². The summed E-state index contributed by atoms with van der Waals surface area (Å²) >= 11 is 0. The van der Waals surface area contributed by atoms with Gasteiger partial charge in [0.15, 0.2) is 0 Å². The van der Waals surface area contributed by atoms with Crippen LogP contribution in [-0.4, -0.2) is 48.9 Å². The van der Waals surface area contributed by atoms with Crippen LogP contribution in [0.2, 0.25) is 0 Å². The molecule has 1 heterocycles. The fourth-order valence-corrected chi connectivity index (χ4v) is 2.22. The Balaban J connectivity index is 2.27. The first kappa shape index (κ1) is 15.0. The summed E-state index contributed by atoms with van der Waals surface area (Å²) in [6, 6.07) is -0.128. The van der Waals surface area contributed by atoms with Crippen molar-refractivity contribution in [3.63, 3.8) is 0 Å². The first-order chi connectivity index (χ1) is 8.69. The van der Waals surface area contributed by atoms with Gasteiger partial charge in [0.05, 0.1) is 6.04 Å². The Hall–Kier alpha value is -1.10. The summed E-state index contributed by atoms with van der Waals surface area (Å²) in [4.78, 5) is 25.3. The average Bonchev–Trinajstić information content (AvgIpc) is 2.56. The van der Waals surface area contributed by atoms with Gasteiger partial charge in [0.25, 0.3) is 0 Å². The van der Waals surface area contributed by atoms with Gasteiger partial charge in [-0.15, -0.1) is 0 Å². The van der Waals surface area contributed by atoms with Gasteiger partial charge in [-0.2, -0.15) is 0 Å². The molecule has 1 unspecified atom stereocenters. The third kappa shape index (κ3) is 4.64. The van der Waals surface area contributed by atoms with Crippen molar-refractivity contribution in [3.8, 4) is 0 Å². The highest BCUT2D eigenvalue weighted by atomic mass is 16.2. The van der Waals surface area contributed by atoms with Crippen molar-refractivity contribution in [2.24, 2.45) is 0 Å². The maximum Gasteiger partial charge on any atom is 0.237 e. The van der Waals surface area contributed by atoms with E-state index >= 15 is 0 Å². The van der Waals surface area contributed by atoms with Gasteiger partial charge < -0.3 is 15.5 Å². The van der Waals surface area contributed by atoms with Crippen LogP contribution in [0.25, 0.3) is 0 Å². The van der Waals surface area contributed by atoms with E-state index in [1.165, 1.54) is 0 Å². The first-order valence-electron chi connectivity index (χ1n) is 6.97. The number of amides is 2. The van der Waals surface area contributed by atoms with Crippen LogP contribution in [-0.2, 0) is 9.59 Å². The molecule has 0 bridgehead atoms. The molecule has 2 N–H and O–H groups in total. The molecule has 1 aliphatic rings. The van der Waals surface area contributed by atoms with Crippen LogP contribution in [0.1, 0.15) is 39.5 Å². The molecule has 1 fully saturated rings. The fraction of sp³-hybridized carbons (Fsp3) is 0.846.